The lowest BCUT2D eigenvalue weighted by atomic mass is 9.87. The Morgan fingerprint density at radius 1 is 0.933 bits per heavy atom. The summed E-state index contributed by atoms with van der Waals surface area (Å²) >= 11 is 0. The average Bonchev–Trinajstić information content (AvgIpc) is 2.73. The number of nitrogens with two attached hydrogens (primary N) is 1. The molecule has 1 aliphatic rings. The maximum absolute atomic E-state index is 12.7. The summed E-state index contributed by atoms with van der Waals surface area (Å²) in [6.45, 7) is 11.7. The molecule has 1 atom stereocenters. The number of hydrogen-bond acceptors (Lipinski definition) is 4. The Bertz CT molecular complexity index is 877. The van der Waals surface area contributed by atoms with Crippen molar-refractivity contribution in [1.82, 2.24) is 4.90 Å². The summed E-state index contributed by atoms with van der Waals surface area (Å²) in [5.41, 5.74) is 9.05. The zero-order valence-corrected chi connectivity index (χ0v) is 18.3. The van der Waals surface area contributed by atoms with Crippen molar-refractivity contribution < 1.29 is 9.59 Å². The molecule has 6 heteroatoms. The monoisotopic (exact) mass is 408 g/mol. The molecule has 30 heavy (non-hydrogen) atoms. The average molecular weight is 409 g/mol. The van der Waals surface area contributed by atoms with Crippen LogP contribution in [0.4, 0.5) is 11.4 Å². The second kappa shape index (κ2) is 8.88. The molecule has 0 saturated carbocycles. The van der Waals surface area contributed by atoms with E-state index < -0.39 is 5.91 Å². The molecule has 160 valence electrons. The summed E-state index contributed by atoms with van der Waals surface area (Å²) in [7, 11) is 0. The molecule has 3 rings (SSSR count). The Morgan fingerprint density at radius 3 is 2.00 bits per heavy atom. The molecule has 3 N–H and O–H groups in total. The van der Waals surface area contributed by atoms with Crippen molar-refractivity contribution in [3.63, 3.8) is 0 Å². The molecule has 2 aromatic rings. The molecule has 0 aromatic heterocycles. The van der Waals surface area contributed by atoms with Crippen LogP contribution in [0, 0.1) is 0 Å². The van der Waals surface area contributed by atoms with E-state index in [2.05, 4.69) is 48.0 Å². The van der Waals surface area contributed by atoms with Gasteiger partial charge in [0.15, 0.2) is 0 Å². The first-order valence-corrected chi connectivity index (χ1v) is 10.5. The van der Waals surface area contributed by atoms with Gasteiger partial charge in [-0.1, -0.05) is 32.9 Å². The Hall–Kier alpha value is -2.86. The number of nitrogens with one attached hydrogen (secondary N) is 1. The van der Waals surface area contributed by atoms with Crippen molar-refractivity contribution >= 4 is 23.2 Å². The minimum atomic E-state index is -0.417. The van der Waals surface area contributed by atoms with E-state index >= 15 is 0 Å². The summed E-state index contributed by atoms with van der Waals surface area (Å²) in [6, 6.07) is 15.2. The van der Waals surface area contributed by atoms with E-state index in [1.54, 1.807) is 12.1 Å². The number of amides is 2. The zero-order chi connectivity index (χ0) is 21.9. The molecule has 1 aliphatic heterocycles. The molecule has 0 bridgehead atoms. The number of piperazine rings is 1. The van der Waals surface area contributed by atoms with E-state index in [9.17, 15) is 9.59 Å². The Morgan fingerprint density at radius 2 is 1.50 bits per heavy atom. The van der Waals surface area contributed by atoms with E-state index in [1.165, 1.54) is 5.56 Å². The Labute approximate surface area is 179 Å². The highest BCUT2D eigenvalue weighted by molar-refractivity contribution is 5.94. The third-order valence-electron chi connectivity index (χ3n) is 5.78. The van der Waals surface area contributed by atoms with Crippen molar-refractivity contribution in [2.24, 2.45) is 5.73 Å². The van der Waals surface area contributed by atoms with Crippen LogP contribution in [0.2, 0.25) is 0 Å². The van der Waals surface area contributed by atoms with Gasteiger partial charge in [-0.2, -0.15) is 0 Å². The molecule has 1 saturated heterocycles. The van der Waals surface area contributed by atoms with Gasteiger partial charge in [-0.05, 0) is 54.3 Å². The van der Waals surface area contributed by atoms with Gasteiger partial charge in [-0.15, -0.1) is 0 Å². The van der Waals surface area contributed by atoms with Crippen molar-refractivity contribution in [2.75, 3.05) is 36.4 Å². The Kier molecular flexibility index (Phi) is 6.46. The molecule has 1 fully saturated rings. The first kappa shape index (κ1) is 21.8. The maximum Gasteiger partial charge on any atom is 0.248 e. The van der Waals surface area contributed by atoms with Crippen molar-refractivity contribution in [3.05, 3.63) is 59.7 Å². The van der Waals surface area contributed by atoms with Crippen LogP contribution in [-0.2, 0) is 10.2 Å². The number of carbonyl (C=O) groups excluding carboxylic acids is 2. The summed E-state index contributed by atoms with van der Waals surface area (Å²) in [4.78, 5) is 28.4. The van der Waals surface area contributed by atoms with Gasteiger partial charge in [0.05, 0.1) is 6.04 Å². The fourth-order valence-corrected chi connectivity index (χ4v) is 3.67. The highest BCUT2D eigenvalue weighted by Gasteiger charge is 2.26. The van der Waals surface area contributed by atoms with E-state index in [1.807, 2.05) is 31.2 Å². The lowest BCUT2D eigenvalue weighted by molar-refractivity contribution is -0.120. The van der Waals surface area contributed by atoms with Crippen LogP contribution in [0.1, 0.15) is 43.6 Å². The molecule has 0 spiro atoms. The van der Waals surface area contributed by atoms with Gasteiger partial charge in [-0.25, -0.2) is 0 Å². The molecule has 1 heterocycles. The fourth-order valence-electron chi connectivity index (χ4n) is 3.67. The molecule has 0 radical (unpaired) electrons. The van der Waals surface area contributed by atoms with Crippen molar-refractivity contribution in [3.8, 4) is 0 Å². The second-order valence-corrected chi connectivity index (χ2v) is 8.93. The van der Waals surface area contributed by atoms with Gasteiger partial charge < -0.3 is 16.0 Å². The molecule has 2 aromatic carbocycles. The van der Waals surface area contributed by atoms with Crippen LogP contribution in [0.15, 0.2) is 48.5 Å². The summed E-state index contributed by atoms with van der Waals surface area (Å²) in [5, 5.41) is 3.04. The number of anilines is 2. The van der Waals surface area contributed by atoms with Gasteiger partial charge in [0.1, 0.15) is 0 Å². The van der Waals surface area contributed by atoms with Gasteiger partial charge in [0.25, 0.3) is 0 Å². The quantitative estimate of drug-likeness (QED) is 0.796. The second-order valence-electron chi connectivity index (χ2n) is 8.93. The number of benzene rings is 2. The smallest absolute Gasteiger partial charge is 0.248 e. The third-order valence-corrected chi connectivity index (χ3v) is 5.78. The molecule has 1 unspecified atom stereocenters. The first-order chi connectivity index (χ1) is 14.1. The minimum absolute atomic E-state index is 0.0118. The maximum atomic E-state index is 12.7. The zero-order valence-electron chi connectivity index (χ0n) is 18.3. The Balaban J connectivity index is 1.53. The normalized spacial score (nSPS) is 16.2. The van der Waals surface area contributed by atoms with Gasteiger partial charge >= 0.3 is 0 Å². The van der Waals surface area contributed by atoms with Crippen LogP contribution in [-0.4, -0.2) is 48.9 Å². The summed E-state index contributed by atoms with van der Waals surface area (Å²) < 4.78 is 0. The lowest BCUT2D eigenvalue weighted by Gasteiger charge is -2.38. The number of carbonyl (C=O) groups is 2. The minimum Gasteiger partial charge on any atom is -0.369 e. The van der Waals surface area contributed by atoms with Crippen LogP contribution in [0.25, 0.3) is 0 Å². The topological polar surface area (TPSA) is 78.7 Å². The molecule has 2 amide bonds. The predicted molar refractivity (Wildman–Crippen MR) is 122 cm³/mol. The first-order valence-electron chi connectivity index (χ1n) is 10.5. The van der Waals surface area contributed by atoms with Crippen molar-refractivity contribution in [2.45, 2.75) is 39.2 Å². The fraction of sp³-hybridized carbons (Fsp3) is 0.417. The molecule has 0 aliphatic carbocycles. The molecular weight excluding hydrogens is 376 g/mol. The highest BCUT2D eigenvalue weighted by Crippen LogP contribution is 2.24. The summed E-state index contributed by atoms with van der Waals surface area (Å²) in [5.74, 6) is -0.406. The van der Waals surface area contributed by atoms with E-state index in [-0.39, 0.29) is 17.4 Å². The SMILES string of the molecule is CC(C(=O)Nc1ccc(C(C)(C)C)cc1)N1CCN(c2ccc(C(N)=O)cc2)CC1. The number of nitrogens with zero attached hydrogens (tertiary/aromatic N) is 2. The van der Waals surface area contributed by atoms with E-state index in [4.69, 9.17) is 5.73 Å². The van der Waals surface area contributed by atoms with Gasteiger partial charge in [-0.3, -0.25) is 14.5 Å². The van der Waals surface area contributed by atoms with Crippen LogP contribution in [0.3, 0.4) is 0 Å². The van der Waals surface area contributed by atoms with Crippen molar-refractivity contribution in [1.29, 1.82) is 0 Å². The van der Waals surface area contributed by atoms with E-state index in [0.717, 1.165) is 37.6 Å². The van der Waals surface area contributed by atoms with Gasteiger partial charge in [0, 0.05) is 43.1 Å². The summed E-state index contributed by atoms with van der Waals surface area (Å²) in [6.07, 6.45) is 0. The van der Waals surface area contributed by atoms with E-state index in [0.29, 0.717) is 5.56 Å². The lowest BCUT2D eigenvalue weighted by Crippen LogP contribution is -2.52. The third kappa shape index (κ3) is 5.19. The largest absolute Gasteiger partial charge is 0.369 e. The van der Waals surface area contributed by atoms with Crippen LogP contribution in [0.5, 0.6) is 0 Å². The van der Waals surface area contributed by atoms with Crippen LogP contribution >= 0.6 is 0 Å². The highest BCUT2D eigenvalue weighted by atomic mass is 16.2. The molecule has 6 nitrogen and oxygen atoms in total. The van der Waals surface area contributed by atoms with Gasteiger partial charge in [0.2, 0.25) is 11.8 Å². The number of hydrogen-bond donors (Lipinski definition) is 2. The van der Waals surface area contributed by atoms with Crippen LogP contribution < -0.4 is 16.0 Å². The standard InChI is InChI=1S/C24H32N4O2/c1-17(23(30)26-20-9-7-19(8-10-20)24(2,3)4)27-13-15-28(16-14-27)21-11-5-18(6-12-21)22(25)29/h5-12,17H,13-16H2,1-4H3,(H2,25,29)(H,26,30). The number of primary amides is 1. The number of rotatable bonds is 5. The predicted octanol–water partition coefficient (Wildman–Crippen LogP) is 3.23. The molecular formula is C24H32N4O2.